The van der Waals surface area contributed by atoms with Crippen molar-refractivity contribution in [3.63, 3.8) is 0 Å². The molecule has 0 saturated carbocycles. The zero-order valence-electron chi connectivity index (χ0n) is 10.6. The van der Waals surface area contributed by atoms with E-state index in [0.29, 0.717) is 0 Å². The molecular weight excluding hydrogens is 268 g/mol. The molecule has 0 radical (unpaired) electrons. The van der Waals surface area contributed by atoms with Crippen LogP contribution in [0.15, 0.2) is 0 Å². The van der Waals surface area contributed by atoms with Crippen LogP contribution in [-0.4, -0.2) is 67.1 Å². The van der Waals surface area contributed by atoms with Crippen molar-refractivity contribution in [2.75, 3.05) is 26.9 Å². The number of rotatable bonds is 9. The number of halogens is 2. The van der Waals surface area contributed by atoms with Crippen molar-refractivity contribution >= 4 is 11.7 Å². The predicted molar refractivity (Wildman–Crippen MR) is 58.5 cm³/mol. The largest absolute Gasteiger partial charge is 0.394 e. The van der Waals surface area contributed by atoms with Gasteiger partial charge in [0.2, 0.25) is 6.29 Å². The summed E-state index contributed by atoms with van der Waals surface area (Å²) in [6.07, 6.45) is -2.99. The molecule has 0 aliphatic carbocycles. The van der Waals surface area contributed by atoms with E-state index in [0.717, 1.165) is 7.11 Å². The third kappa shape index (κ3) is 5.55. The van der Waals surface area contributed by atoms with Crippen molar-refractivity contribution in [1.29, 1.82) is 0 Å². The summed E-state index contributed by atoms with van der Waals surface area (Å²) in [4.78, 5) is 22.2. The molecule has 0 aromatic rings. The molecule has 19 heavy (non-hydrogen) atoms. The maximum atomic E-state index is 13.3. The number of methoxy groups -OCH3 is 1. The Balaban J connectivity index is 4.36. The fraction of sp³-hybridized carbons (Fsp3) is 0.800. The molecule has 0 aliphatic rings. The van der Waals surface area contributed by atoms with Gasteiger partial charge in [-0.15, -0.1) is 0 Å². The lowest BCUT2D eigenvalue weighted by Crippen LogP contribution is -2.51. The lowest BCUT2D eigenvalue weighted by Gasteiger charge is -2.19. The third-order valence-corrected chi connectivity index (χ3v) is 2.09. The molecule has 0 heterocycles. The average molecular weight is 285 g/mol. The normalized spacial score (nSPS) is 14.8. The second kappa shape index (κ2) is 8.10. The van der Waals surface area contributed by atoms with Crippen LogP contribution < -0.4 is 5.32 Å². The number of Topliss-reactive ketones (excluding diaryl/α,β-unsaturated/α-hetero) is 1. The molecule has 0 spiro atoms. The SMILES string of the molecule is COC(O)C(=O)C(F)(F)C(=O)NCC(C)OCCO. The van der Waals surface area contributed by atoms with Gasteiger partial charge in [-0.25, -0.2) is 0 Å². The van der Waals surface area contributed by atoms with Crippen molar-refractivity contribution in [1.82, 2.24) is 5.32 Å². The molecule has 0 bridgehead atoms. The van der Waals surface area contributed by atoms with E-state index in [4.69, 9.17) is 14.9 Å². The Labute approximate surface area is 108 Å². The van der Waals surface area contributed by atoms with Crippen LogP contribution in [0, 0.1) is 0 Å². The summed E-state index contributed by atoms with van der Waals surface area (Å²) in [6.45, 7) is 0.965. The first-order valence-electron chi connectivity index (χ1n) is 5.41. The Hall–Kier alpha value is -1.16. The number of hydrogen-bond donors (Lipinski definition) is 3. The monoisotopic (exact) mass is 285 g/mol. The predicted octanol–water partition coefficient (Wildman–Crippen LogP) is -1.33. The van der Waals surface area contributed by atoms with Gasteiger partial charge in [0.25, 0.3) is 11.7 Å². The van der Waals surface area contributed by atoms with Crippen LogP contribution in [0.3, 0.4) is 0 Å². The lowest BCUT2D eigenvalue weighted by atomic mass is 10.2. The van der Waals surface area contributed by atoms with Crippen LogP contribution in [0.25, 0.3) is 0 Å². The van der Waals surface area contributed by atoms with E-state index in [-0.39, 0.29) is 19.8 Å². The average Bonchev–Trinajstić information content (AvgIpc) is 2.40. The van der Waals surface area contributed by atoms with E-state index in [1.54, 1.807) is 0 Å². The van der Waals surface area contributed by atoms with Gasteiger partial charge >= 0.3 is 5.92 Å². The molecule has 0 fully saturated rings. The minimum atomic E-state index is -4.40. The highest BCUT2D eigenvalue weighted by Gasteiger charge is 2.50. The smallest absolute Gasteiger partial charge is 0.386 e. The molecular formula is C10H17F2NO6. The number of carbonyl (C=O) groups excluding carboxylic acids is 2. The fourth-order valence-corrected chi connectivity index (χ4v) is 1.03. The summed E-state index contributed by atoms with van der Waals surface area (Å²) in [5.41, 5.74) is 0. The number of amides is 1. The highest BCUT2D eigenvalue weighted by atomic mass is 19.3. The molecule has 9 heteroatoms. The molecule has 1 amide bonds. The van der Waals surface area contributed by atoms with Gasteiger partial charge in [-0.05, 0) is 6.92 Å². The maximum Gasteiger partial charge on any atom is 0.386 e. The van der Waals surface area contributed by atoms with Gasteiger partial charge in [0.05, 0.1) is 19.3 Å². The van der Waals surface area contributed by atoms with Crippen molar-refractivity contribution in [2.24, 2.45) is 0 Å². The Morgan fingerprint density at radius 3 is 2.47 bits per heavy atom. The Morgan fingerprint density at radius 1 is 1.42 bits per heavy atom. The molecule has 112 valence electrons. The quantitative estimate of drug-likeness (QED) is 0.358. The fourth-order valence-electron chi connectivity index (χ4n) is 1.03. The van der Waals surface area contributed by atoms with Crippen LogP contribution in [-0.2, 0) is 19.1 Å². The maximum absolute atomic E-state index is 13.3. The lowest BCUT2D eigenvalue weighted by molar-refractivity contribution is -0.180. The first-order chi connectivity index (χ1) is 8.77. The first kappa shape index (κ1) is 17.8. The minimum absolute atomic E-state index is 0.00521. The van der Waals surface area contributed by atoms with E-state index in [9.17, 15) is 18.4 Å². The van der Waals surface area contributed by atoms with Crippen molar-refractivity contribution in [2.45, 2.75) is 25.2 Å². The van der Waals surface area contributed by atoms with E-state index in [1.165, 1.54) is 6.92 Å². The highest BCUT2D eigenvalue weighted by molar-refractivity contribution is 6.08. The first-order valence-corrected chi connectivity index (χ1v) is 5.41. The standard InChI is InChI=1S/C10H17F2NO6/c1-6(19-4-3-14)5-13-9(17)10(11,12)7(15)8(16)18-2/h6,8,14,16H,3-5H2,1-2H3,(H,13,17). The van der Waals surface area contributed by atoms with Gasteiger partial charge in [-0.3, -0.25) is 9.59 Å². The van der Waals surface area contributed by atoms with Crippen LogP contribution in [0.2, 0.25) is 0 Å². The Morgan fingerprint density at radius 2 is 2.00 bits per heavy atom. The number of alkyl halides is 2. The molecule has 3 N–H and O–H groups in total. The Bertz CT molecular complexity index is 312. The molecule has 2 unspecified atom stereocenters. The summed E-state index contributed by atoms with van der Waals surface area (Å²) in [6, 6.07) is 0. The van der Waals surface area contributed by atoms with Crippen LogP contribution in [0.5, 0.6) is 0 Å². The van der Waals surface area contributed by atoms with E-state index < -0.39 is 30.0 Å². The van der Waals surface area contributed by atoms with E-state index in [1.807, 2.05) is 5.32 Å². The molecule has 2 atom stereocenters. The summed E-state index contributed by atoms with van der Waals surface area (Å²) in [5.74, 6) is -8.30. The second-order valence-electron chi connectivity index (χ2n) is 3.64. The summed E-state index contributed by atoms with van der Waals surface area (Å²) in [7, 11) is 0.849. The summed E-state index contributed by atoms with van der Waals surface area (Å²) in [5, 5.41) is 19.1. The Kier molecular flexibility index (Phi) is 7.61. The molecule has 0 aromatic carbocycles. The summed E-state index contributed by atoms with van der Waals surface area (Å²) >= 11 is 0. The number of hydrogen-bond acceptors (Lipinski definition) is 6. The minimum Gasteiger partial charge on any atom is -0.394 e. The molecule has 0 aromatic heterocycles. The second-order valence-corrected chi connectivity index (χ2v) is 3.64. The van der Waals surface area contributed by atoms with Gasteiger partial charge < -0.3 is 25.0 Å². The topological polar surface area (TPSA) is 105 Å². The molecule has 0 saturated heterocycles. The summed E-state index contributed by atoms with van der Waals surface area (Å²) < 4.78 is 35.5. The zero-order chi connectivity index (χ0) is 15.1. The van der Waals surface area contributed by atoms with Crippen molar-refractivity contribution in [3.8, 4) is 0 Å². The number of carbonyl (C=O) groups is 2. The van der Waals surface area contributed by atoms with Gasteiger partial charge in [0.1, 0.15) is 0 Å². The van der Waals surface area contributed by atoms with Crippen LogP contribution in [0.1, 0.15) is 6.92 Å². The van der Waals surface area contributed by atoms with Crippen molar-refractivity contribution in [3.05, 3.63) is 0 Å². The highest BCUT2D eigenvalue weighted by Crippen LogP contribution is 2.17. The number of ether oxygens (including phenoxy) is 2. The molecule has 0 rings (SSSR count). The van der Waals surface area contributed by atoms with Gasteiger partial charge in [0, 0.05) is 13.7 Å². The number of aliphatic hydroxyl groups is 2. The molecule has 7 nitrogen and oxygen atoms in total. The van der Waals surface area contributed by atoms with Crippen molar-refractivity contribution < 1.29 is 38.1 Å². The van der Waals surface area contributed by atoms with Crippen LogP contribution in [0.4, 0.5) is 8.78 Å². The third-order valence-electron chi connectivity index (χ3n) is 2.09. The van der Waals surface area contributed by atoms with Gasteiger partial charge in [-0.1, -0.05) is 0 Å². The molecule has 0 aliphatic heterocycles. The zero-order valence-corrected chi connectivity index (χ0v) is 10.6. The number of ketones is 1. The number of aliphatic hydroxyl groups excluding tert-OH is 2. The number of nitrogens with one attached hydrogen (secondary N) is 1. The van der Waals surface area contributed by atoms with Crippen LogP contribution >= 0.6 is 0 Å². The van der Waals surface area contributed by atoms with Gasteiger partial charge in [0.15, 0.2) is 0 Å². The van der Waals surface area contributed by atoms with E-state index >= 15 is 0 Å². The van der Waals surface area contributed by atoms with Gasteiger partial charge in [-0.2, -0.15) is 8.78 Å². The van der Waals surface area contributed by atoms with E-state index in [2.05, 4.69) is 4.74 Å².